The molecule has 0 saturated heterocycles. The van der Waals surface area contributed by atoms with Gasteiger partial charge in [-0.15, -0.1) is 0 Å². The number of fused-ring (bicyclic) bond motifs is 2. The van der Waals surface area contributed by atoms with E-state index in [-0.39, 0.29) is 24.9 Å². The molecule has 0 aliphatic rings. The van der Waals surface area contributed by atoms with Crippen molar-refractivity contribution in [1.82, 2.24) is 9.13 Å². The number of carbonyl (C=O) groups excluding carboxylic acids is 4. The van der Waals surface area contributed by atoms with Gasteiger partial charge in [-0.3, -0.25) is 19.2 Å². The zero-order valence-corrected chi connectivity index (χ0v) is 29.5. The van der Waals surface area contributed by atoms with Crippen molar-refractivity contribution in [3.8, 4) is 11.5 Å². The van der Waals surface area contributed by atoms with Crippen molar-refractivity contribution in [2.24, 2.45) is 9.98 Å². The molecule has 0 aliphatic heterocycles. The number of methoxy groups -OCH3 is 2. The van der Waals surface area contributed by atoms with Crippen molar-refractivity contribution >= 4 is 66.9 Å². The maximum atomic E-state index is 12.8. The summed E-state index contributed by atoms with van der Waals surface area (Å²) in [5.41, 5.74) is 1.43. The van der Waals surface area contributed by atoms with Crippen molar-refractivity contribution in [3.05, 3.63) is 46.0 Å². The number of ether oxygens (including phenoxy) is 4. The van der Waals surface area contributed by atoms with E-state index < -0.39 is 11.9 Å². The van der Waals surface area contributed by atoms with Crippen molar-refractivity contribution in [3.63, 3.8) is 0 Å². The van der Waals surface area contributed by atoms with Crippen LogP contribution in [0.1, 0.15) is 65.2 Å². The van der Waals surface area contributed by atoms with Gasteiger partial charge >= 0.3 is 11.9 Å². The van der Waals surface area contributed by atoms with Gasteiger partial charge in [-0.25, -0.2) is 0 Å². The Morgan fingerprint density at radius 2 is 1.02 bits per heavy atom. The fraction of sp³-hybridized carbons (Fsp3) is 0.471. The molecule has 0 radical (unpaired) electrons. The molecule has 0 saturated carbocycles. The van der Waals surface area contributed by atoms with E-state index >= 15 is 0 Å². The first-order chi connectivity index (χ1) is 23.3. The molecule has 2 aromatic heterocycles. The first-order valence-corrected chi connectivity index (χ1v) is 17.7. The molecule has 2 aromatic carbocycles. The van der Waals surface area contributed by atoms with E-state index in [2.05, 4.69) is 9.98 Å². The van der Waals surface area contributed by atoms with E-state index in [0.717, 1.165) is 35.1 Å². The standard InChI is InChI=1S/C34H42N4O8S2/c1-5-45-23-15-13-17-25-31(23)37(21-29(41)43-3)33(47-25)35-27(39)19-11-9-7-8-10-12-20-28(40)36-34-38(22-30(42)44-4)32-24(46-6-2)16-14-18-26(32)48-34/h13-18H,5-12,19-22H2,1-4H3. The molecule has 0 atom stereocenters. The molecule has 0 unspecified atom stereocenters. The van der Waals surface area contributed by atoms with Crippen molar-refractivity contribution in [2.45, 2.75) is 78.3 Å². The zero-order valence-electron chi connectivity index (χ0n) is 27.8. The Morgan fingerprint density at radius 1 is 0.625 bits per heavy atom. The molecule has 4 rings (SSSR count). The van der Waals surface area contributed by atoms with E-state index in [1.807, 2.05) is 50.2 Å². The Morgan fingerprint density at radius 3 is 1.40 bits per heavy atom. The van der Waals surface area contributed by atoms with E-state index in [9.17, 15) is 19.2 Å². The van der Waals surface area contributed by atoms with E-state index in [1.165, 1.54) is 36.9 Å². The number of esters is 2. The Kier molecular flexibility index (Phi) is 13.9. The number of rotatable bonds is 17. The number of amides is 2. The third kappa shape index (κ3) is 9.63. The SMILES string of the molecule is CCOc1cccc2sc(=NC(=O)CCCCCCCCC(=O)N=c3sc4cccc(OCC)c4n3CC(=O)OC)n(CC(=O)OC)c12. The van der Waals surface area contributed by atoms with Crippen molar-refractivity contribution in [2.75, 3.05) is 27.4 Å². The highest BCUT2D eigenvalue weighted by Crippen LogP contribution is 2.29. The molecule has 0 spiro atoms. The number of aromatic nitrogens is 2. The maximum absolute atomic E-state index is 12.8. The van der Waals surface area contributed by atoms with Crippen LogP contribution in [0, 0.1) is 0 Å². The Balaban J connectivity index is 1.28. The third-order valence-electron chi connectivity index (χ3n) is 7.43. The number of unbranched alkanes of at least 4 members (excludes halogenated alkanes) is 5. The topological polar surface area (TPSA) is 140 Å². The zero-order chi connectivity index (χ0) is 34.5. The Hall–Kier alpha value is -4.30. The van der Waals surface area contributed by atoms with Gasteiger partial charge in [0.05, 0.1) is 36.8 Å². The maximum Gasteiger partial charge on any atom is 0.325 e. The van der Waals surface area contributed by atoms with Crippen LogP contribution in [0.25, 0.3) is 20.4 Å². The normalized spacial score (nSPS) is 12.1. The largest absolute Gasteiger partial charge is 0.492 e. The second-order valence-corrected chi connectivity index (χ2v) is 12.8. The summed E-state index contributed by atoms with van der Waals surface area (Å²) in [6.45, 7) is 4.55. The molecule has 2 heterocycles. The van der Waals surface area contributed by atoms with Gasteiger partial charge in [0.15, 0.2) is 9.60 Å². The fourth-order valence-electron chi connectivity index (χ4n) is 5.18. The predicted octanol–water partition coefficient (Wildman–Crippen LogP) is 5.54. The lowest BCUT2D eigenvalue weighted by Gasteiger charge is -2.08. The van der Waals surface area contributed by atoms with Crippen LogP contribution < -0.4 is 19.1 Å². The molecule has 258 valence electrons. The number of benzene rings is 2. The van der Waals surface area contributed by atoms with Crippen LogP contribution in [0.2, 0.25) is 0 Å². The van der Waals surface area contributed by atoms with Gasteiger partial charge in [0.2, 0.25) is 11.8 Å². The molecule has 0 N–H and O–H groups in total. The minimum absolute atomic E-state index is 0.0745. The van der Waals surface area contributed by atoms with Crippen LogP contribution in [0.5, 0.6) is 11.5 Å². The fourth-order valence-corrected chi connectivity index (χ4v) is 7.30. The van der Waals surface area contributed by atoms with Crippen LogP contribution in [0.4, 0.5) is 0 Å². The van der Waals surface area contributed by atoms with Gasteiger partial charge in [-0.2, -0.15) is 9.98 Å². The van der Waals surface area contributed by atoms with E-state index in [4.69, 9.17) is 18.9 Å². The minimum atomic E-state index is -0.441. The first-order valence-electron chi connectivity index (χ1n) is 16.1. The van der Waals surface area contributed by atoms with Gasteiger partial charge in [-0.1, -0.05) is 60.5 Å². The van der Waals surface area contributed by atoms with Crippen LogP contribution in [0.3, 0.4) is 0 Å². The molecule has 0 bridgehead atoms. The summed E-state index contributed by atoms with van der Waals surface area (Å²) in [4.78, 5) is 59.4. The second kappa shape index (κ2) is 18.3. The molecule has 2 amide bonds. The number of thiazole rings is 2. The smallest absolute Gasteiger partial charge is 0.325 e. The molecule has 4 aromatic rings. The molecule has 0 aliphatic carbocycles. The lowest BCUT2D eigenvalue weighted by molar-refractivity contribution is -0.142. The van der Waals surface area contributed by atoms with Gasteiger partial charge in [0.25, 0.3) is 0 Å². The van der Waals surface area contributed by atoms with E-state index in [0.29, 0.717) is 71.0 Å². The number of hydrogen-bond donors (Lipinski definition) is 0. The van der Waals surface area contributed by atoms with Crippen LogP contribution in [-0.2, 0) is 41.7 Å². The molecule has 14 heteroatoms. The highest BCUT2D eigenvalue weighted by molar-refractivity contribution is 7.16. The van der Waals surface area contributed by atoms with Gasteiger partial charge in [-0.05, 0) is 51.0 Å². The summed E-state index contributed by atoms with van der Waals surface area (Å²) in [6.07, 6.45) is 5.56. The van der Waals surface area contributed by atoms with Gasteiger partial charge in [0.1, 0.15) is 35.6 Å². The first kappa shape index (κ1) is 36.5. The number of hydrogen-bond acceptors (Lipinski definition) is 10. The average Bonchev–Trinajstić information content (AvgIpc) is 3.59. The van der Waals surface area contributed by atoms with E-state index in [1.54, 1.807) is 9.13 Å². The quantitative estimate of drug-likeness (QED) is 0.104. The summed E-state index contributed by atoms with van der Waals surface area (Å²) in [7, 11) is 2.65. The highest BCUT2D eigenvalue weighted by atomic mass is 32.1. The third-order valence-corrected chi connectivity index (χ3v) is 9.52. The summed E-state index contributed by atoms with van der Waals surface area (Å²) in [6, 6.07) is 11.2. The lowest BCUT2D eigenvalue weighted by atomic mass is 10.1. The summed E-state index contributed by atoms with van der Waals surface area (Å²) in [5, 5.41) is 0. The molecule has 0 fully saturated rings. The van der Waals surface area contributed by atoms with Crippen LogP contribution >= 0.6 is 22.7 Å². The van der Waals surface area contributed by atoms with Crippen molar-refractivity contribution < 1.29 is 38.1 Å². The summed E-state index contributed by atoms with van der Waals surface area (Å²) >= 11 is 2.67. The summed E-state index contributed by atoms with van der Waals surface area (Å²) < 4.78 is 26.3. The predicted molar refractivity (Wildman–Crippen MR) is 184 cm³/mol. The van der Waals surface area contributed by atoms with Crippen molar-refractivity contribution in [1.29, 1.82) is 0 Å². The minimum Gasteiger partial charge on any atom is -0.492 e. The molecular weight excluding hydrogens is 657 g/mol. The Labute approximate surface area is 286 Å². The van der Waals surface area contributed by atoms with Crippen LogP contribution in [0.15, 0.2) is 46.4 Å². The number of para-hydroxylation sites is 2. The molecule has 12 nitrogen and oxygen atoms in total. The monoisotopic (exact) mass is 698 g/mol. The number of carbonyl (C=O) groups is 4. The van der Waals surface area contributed by atoms with Crippen LogP contribution in [-0.4, -0.2) is 60.3 Å². The molecular formula is C34H42N4O8S2. The second-order valence-electron chi connectivity index (χ2n) is 10.8. The van der Waals surface area contributed by atoms with Gasteiger partial charge < -0.3 is 28.1 Å². The average molecular weight is 699 g/mol. The number of nitrogens with zero attached hydrogens (tertiary/aromatic N) is 4. The highest BCUT2D eigenvalue weighted by Gasteiger charge is 2.17. The Bertz CT molecular complexity index is 1750. The molecule has 48 heavy (non-hydrogen) atoms. The summed E-state index contributed by atoms with van der Waals surface area (Å²) in [5.74, 6) is -0.128. The lowest BCUT2D eigenvalue weighted by Crippen LogP contribution is -2.22. The van der Waals surface area contributed by atoms with Gasteiger partial charge in [0, 0.05) is 12.8 Å².